The van der Waals surface area contributed by atoms with Crippen molar-refractivity contribution in [2.45, 2.75) is 12.5 Å². The maximum Gasteiger partial charge on any atom is 0.250 e. The Hall–Kier alpha value is -2.65. The maximum atomic E-state index is 13.3. The lowest BCUT2D eigenvalue weighted by Gasteiger charge is -2.29. The van der Waals surface area contributed by atoms with Gasteiger partial charge in [0, 0.05) is 6.07 Å². The van der Waals surface area contributed by atoms with E-state index in [4.69, 9.17) is 9.47 Å². The molecule has 0 heterocycles. The number of sulfonamides is 1. The zero-order chi connectivity index (χ0) is 20.2. The van der Waals surface area contributed by atoms with Crippen molar-refractivity contribution in [3.63, 3.8) is 0 Å². The monoisotopic (exact) mass is 396 g/mol. The van der Waals surface area contributed by atoms with Crippen molar-refractivity contribution < 1.29 is 27.1 Å². The van der Waals surface area contributed by atoms with Crippen LogP contribution in [-0.4, -0.2) is 34.8 Å². The van der Waals surface area contributed by atoms with E-state index in [1.807, 2.05) is 0 Å². The first-order chi connectivity index (χ1) is 12.6. The van der Waals surface area contributed by atoms with Crippen LogP contribution in [0.15, 0.2) is 42.5 Å². The van der Waals surface area contributed by atoms with Crippen LogP contribution >= 0.6 is 0 Å². The van der Waals surface area contributed by atoms with Gasteiger partial charge < -0.3 is 14.8 Å². The molecule has 0 aliphatic heterocycles. The van der Waals surface area contributed by atoms with Crippen LogP contribution in [0.5, 0.6) is 11.5 Å². The van der Waals surface area contributed by atoms with E-state index in [-0.39, 0.29) is 5.56 Å². The number of methoxy groups -OCH3 is 2. The summed E-state index contributed by atoms with van der Waals surface area (Å²) in [5.41, 5.74) is -1.07. The third-order valence-corrected chi connectivity index (χ3v) is 4.70. The van der Waals surface area contributed by atoms with E-state index in [2.05, 4.69) is 10.0 Å². The Morgan fingerprint density at radius 2 is 1.70 bits per heavy atom. The zero-order valence-corrected chi connectivity index (χ0v) is 16.2. The number of carbonyl (C=O) groups excluding carboxylic acids is 1. The minimum atomic E-state index is -3.76. The molecular formula is C18H21FN2O5S. The minimum absolute atomic E-state index is 0.277. The van der Waals surface area contributed by atoms with Crippen molar-refractivity contribution in [3.8, 4) is 11.5 Å². The van der Waals surface area contributed by atoms with Gasteiger partial charge >= 0.3 is 0 Å². The van der Waals surface area contributed by atoms with Gasteiger partial charge in [-0.1, -0.05) is 12.1 Å². The zero-order valence-electron chi connectivity index (χ0n) is 15.4. The van der Waals surface area contributed by atoms with Crippen LogP contribution < -0.4 is 19.5 Å². The number of ether oxygens (including phenoxy) is 2. The fourth-order valence-corrected chi connectivity index (χ4v) is 3.49. The first kappa shape index (κ1) is 20.7. The number of anilines is 1. The number of amides is 1. The summed E-state index contributed by atoms with van der Waals surface area (Å²) < 4.78 is 49.6. The molecule has 0 aromatic heterocycles. The van der Waals surface area contributed by atoms with Crippen LogP contribution in [0.25, 0.3) is 0 Å². The molecule has 7 nitrogen and oxygen atoms in total. The van der Waals surface area contributed by atoms with Crippen LogP contribution in [-0.2, 0) is 20.4 Å². The number of rotatable bonds is 7. The molecule has 2 aromatic carbocycles. The fourth-order valence-electron chi connectivity index (χ4n) is 2.54. The maximum absolute atomic E-state index is 13.3. The van der Waals surface area contributed by atoms with Crippen molar-refractivity contribution in [1.82, 2.24) is 4.72 Å². The Bertz CT molecular complexity index is 931. The molecule has 0 radical (unpaired) electrons. The van der Waals surface area contributed by atoms with Crippen molar-refractivity contribution in [2.75, 3.05) is 25.8 Å². The first-order valence-electron chi connectivity index (χ1n) is 7.87. The molecule has 0 aliphatic carbocycles. The normalized spacial score (nSPS) is 13.5. The van der Waals surface area contributed by atoms with Crippen LogP contribution in [0.2, 0.25) is 0 Å². The molecule has 0 unspecified atom stereocenters. The molecule has 0 saturated heterocycles. The SMILES string of the molecule is COc1ccc(NC(=O)[C@](C)(NS(C)(=O)=O)c2ccc(F)cc2)c(OC)c1. The summed E-state index contributed by atoms with van der Waals surface area (Å²) >= 11 is 0. The molecule has 2 aromatic rings. The van der Waals surface area contributed by atoms with Gasteiger partial charge in [0.05, 0.1) is 26.2 Å². The highest BCUT2D eigenvalue weighted by Crippen LogP contribution is 2.31. The van der Waals surface area contributed by atoms with Crippen LogP contribution in [0.1, 0.15) is 12.5 Å². The average Bonchev–Trinajstić information content (AvgIpc) is 2.60. The van der Waals surface area contributed by atoms with Gasteiger partial charge in [0.2, 0.25) is 15.9 Å². The van der Waals surface area contributed by atoms with E-state index < -0.39 is 27.3 Å². The number of benzene rings is 2. The Morgan fingerprint density at radius 3 is 2.22 bits per heavy atom. The Balaban J connectivity index is 2.44. The van der Waals surface area contributed by atoms with Gasteiger partial charge in [-0.2, -0.15) is 4.72 Å². The van der Waals surface area contributed by atoms with Crippen LogP contribution in [0.3, 0.4) is 0 Å². The van der Waals surface area contributed by atoms with Crippen molar-refractivity contribution >= 4 is 21.6 Å². The summed E-state index contributed by atoms with van der Waals surface area (Å²) in [4.78, 5) is 13.0. The summed E-state index contributed by atoms with van der Waals surface area (Å²) in [5, 5.41) is 2.65. The Labute approximate surface area is 157 Å². The topological polar surface area (TPSA) is 93.7 Å². The number of hydrogen-bond donors (Lipinski definition) is 2. The van der Waals surface area contributed by atoms with Crippen LogP contribution in [0, 0.1) is 5.82 Å². The molecule has 0 bridgehead atoms. The molecule has 2 N–H and O–H groups in total. The van der Waals surface area contributed by atoms with Gasteiger partial charge in [-0.25, -0.2) is 12.8 Å². The van der Waals surface area contributed by atoms with E-state index >= 15 is 0 Å². The predicted octanol–water partition coefficient (Wildman–Crippen LogP) is 2.25. The highest BCUT2D eigenvalue weighted by atomic mass is 32.2. The smallest absolute Gasteiger partial charge is 0.250 e. The number of hydrogen-bond acceptors (Lipinski definition) is 5. The van der Waals surface area contributed by atoms with Gasteiger partial charge in [0.25, 0.3) is 0 Å². The lowest BCUT2D eigenvalue weighted by molar-refractivity contribution is -0.121. The predicted molar refractivity (Wildman–Crippen MR) is 99.9 cm³/mol. The van der Waals surface area contributed by atoms with Crippen molar-refractivity contribution in [1.29, 1.82) is 0 Å². The second-order valence-electron chi connectivity index (χ2n) is 6.03. The van der Waals surface area contributed by atoms with E-state index in [1.165, 1.54) is 33.3 Å². The summed E-state index contributed by atoms with van der Waals surface area (Å²) in [7, 11) is -0.836. The molecule has 1 amide bonds. The molecule has 146 valence electrons. The highest BCUT2D eigenvalue weighted by molar-refractivity contribution is 7.88. The van der Waals surface area contributed by atoms with Gasteiger partial charge in [-0.05, 0) is 36.8 Å². The number of halogens is 1. The lowest BCUT2D eigenvalue weighted by atomic mass is 9.92. The molecule has 27 heavy (non-hydrogen) atoms. The first-order valence-corrected chi connectivity index (χ1v) is 9.76. The van der Waals surface area contributed by atoms with Crippen LogP contribution in [0.4, 0.5) is 10.1 Å². The molecule has 0 spiro atoms. The molecule has 0 aliphatic rings. The molecule has 0 fully saturated rings. The number of nitrogens with one attached hydrogen (secondary N) is 2. The second-order valence-corrected chi connectivity index (χ2v) is 7.77. The summed E-state index contributed by atoms with van der Waals surface area (Å²) in [6.45, 7) is 1.40. The molecule has 1 atom stereocenters. The third-order valence-electron chi connectivity index (χ3n) is 3.92. The summed E-state index contributed by atoms with van der Waals surface area (Å²) in [6, 6.07) is 9.77. The molecule has 2 rings (SSSR count). The number of carbonyl (C=O) groups is 1. The van der Waals surface area contributed by atoms with Gasteiger partial charge in [-0.15, -0.1) is 0 Å². The molecule has 0 saturated carbocycles. The standard InChI is InChI=1S/C18H21FN2O5S/c1-18(21-27(4,23)24,12-5-7-13(19)8-6-12)17(22)20-15-10-9-14(25-2)11-16(15)26-3/h5-11,21H,1-4H3,(H,20,22)/t18-/m1/s1. The average molecular weight is 396 g/mol. The molecule has 9 heteroatoms. The second kappa shape index (κ2) is 7.93. The Morgan fingerprint density at radius 1 is 1.07 bits per heavy atom. The van der Waals surface area contributed by atoms with Gasteiger partial charge in [0.15, 0.2) is 0 Å². The lowest BCUT2D eigenvalue weighted by Crippen LogP contribution is -2.51. The largest absolute Gasteiger partial charge is 0.497 e. The van der Waals surface area contributed by atoms with E-state index in [9.17, 15) is 17.6 Å². The van der Waals surface area contributed by atoms with Crippen molar-refractivity contribution in [3.05, 3.63) is 53.8 Å². The van der Waals surface area contributed by atoms with E-state index in [1.54, 1.807) is 18.2 Å². The fraction of sp³-hybridized carbons (Fsp3) is 0.278. The van der Waals surface area contributed by atoms with Crippen molar-refractivity contribution in [2.24, 2.45) is 0 Å². The Kier molecular flexibility index (Phi) is 6.07. The quantitative estimate of drug-likeness (QED) is 0.749. The summed E-state index contributed by atoms with van der Waals surface area (Å²) in [5.74, 6) is -0.301. The van der Waals surface area contributed by atoms with Gasteiger partial charge in [-0.3, -0.25) is 4.79 Å². The van der Waals surface area contributed by atoms with E-state index in [0.717, 1.165) is 18.4 Å². The van der Waals surface area contributed by atoms with E-state index in [0.29, 0.717) is 17.2 Å². The third kappa shape index (κ3) is 4.95. The minimum Gasteiger partial charge on any atom is -0.497 e. The molecular weight excluding hydrogens is 375 g/mol. The van der Waals surface area contributed by atoms with Gasteiger partial charge in [0.1, 0.15) is 22.9 Å². The summed E-state index contributed by atoms with van der Waals surface area (Å²) in [6.07, 6.45) is 0.940. The highest BCUT2D eigenvalue weighted by Gasteiger charge is 2.38.